The summed E-state index contributed by atoms with van der Waals surface area (Å²) in [7, 11) is -3.53. The second-order valence-corrected chi connectivity index (χ2v) is 9.23. The highest BCUT2D eigenvalue weighted by atomic mass is 32.2. The summed E-state index contributed by atoms with van der Waals surface area (Å²) in [4.78, 5) is 12.1. The molecule has 3 aromatic rings. The summed E-state index contributed by atoms with van der Waals surface area (Å²) >= 11 is 0. The molecule has 2 saturated heterocycles. The van der Waals surface area contributed by atoms with Crippen LogP contribution in [0.3, 0.4) is 0 Å². The molecule has 0 aromatic carbocycles. The number of ether oxygens (including phenoxy) is 2. The molecule has 1 atom stereocenters. The number of hydrogen-bond acceptors (Lipinski definition) is 6. The molecule has 5 heterocycles. The van der Waals surface area contributed by atoms with E-state index in [0.717, 1.165) is 50.1 Å². The molecule has 150 valence electrons. The van der Waals surface area contributed by atoms with Gasteiger partial charge in [-0.25, -0.2) is 18.4 Å². The number of nitrogens with one attached hydrogen (secondary N) is 2. The Morgan fingerprint density at radius 3 is 2.89 bits per heavy atom. The third kappa shape index (κ3) is 3.36. The van der Waals surface area contributed by atoms with E-state index in [0.29, 0.717) is 24.0 Å². The molecule has 3 aromatic heterocycles. The molecule has 2 fully saturated rings. The molecule has 10 heteroatoms. The number of nitrogens with zero attached hydrogens (tertiary/aromatic N) is 3. The van der Waals surface area contributed by atoms with Gasteiger partial charge < -0.3 is 14.5 Å². The van der Waals surface area contributed by atoms with Crippen molar-refractivity contribution in [3.05, 3.63) is 24.2 Å². The minimum atomic E-state index is -3.53. The van der Waals surface area contributed by atoms with Crippen molar-refractivity contribution in [1.29, 1.82) is 0 Å². The van der Waals surface area contributed by atoms with Crippen LogP contribution in [0.15, 0.2) is 18.6 Å². The summed E-state index contributed by atoms with van der Waals surface area (Å²) in [6, 6.07) is 0. The molecule has 9 nitrogen and oxygen atoms in total. The molecule has 2 N–H and O–H groups in total. The topological polar surface area (TPSA) is 111 Å². The Labute approximate surface area is 162 Å². The van der Waals surface area contributed by atoms with Gasteiger partial charge in [-0.1, -0.05) is 0 Å². The van der Waals surface area contributed by atoms with Gasteiger partial charge in [-0.2, -0.15) is 0 Å². The van der Waals surface area contributed by atoms with Crippen LogP contribution in [0.1, 0.15) is 37.2 Å². The van der Waals surface area contributed by atoms with Crippen LogP contribution in [0.4, 0.5) is 5.82 Å². The normalized spacial score (nSPS) is 21.6. The van der Waals surface area contributed by atoms with Crippen LogP contribution in [0.5, 0.6) is 0 Å². The quantitative estimate of drug-likeness (QED) is 0.672. The van der Waals surface area contributed by atoms with Gasteiger partial charge in [-0.05, 0) is 37.2 Å². The zero-order valence-corrected chi connectivity index (χ0v) is 16.2. The molecule has 2 aliphatic rings. The lowest BCUT2D eigenvalue weighted by atomic mass is 9.93. The highest BCUT2D eigenvalue weighted by Gasteiger charge is 2.25. The summed E-state index contributed by atoms with van der Waals surface area (Å²) in [5, 5.41) is 0. The van der Waals surface area contributed by atoms with Crippen molar-refractivity contribution in [2.75, 3.05) is 30.3 Å². The maximum Gasteiger partial charge on any atom is 0.236 e. The first-order valence-corrected chi connectivity index (χ1v) is 11.3. The fraction of sp³-hybridized carbons (Fsp3) is 0.556. The average Bonchev–Trinajstić information content (AvgIpc) is 3.39. The van der Waals surface area contributed by atoms with E-state index in [4.69, 9.17) is 9.47 Å². The third-order valence-corrected chi connectivity index (χ3v) is 6.83. The monoisotopic (exact) mass is 405 g/mol. The summed E-state index contributed by atoms with van der Waals surface area (Å²) < 4.78 is 40.4. The number of imidazole rings is 1. The first-order chi connectivity index (χ1) is 13.6. The zero-order chi connectivity index (χ0) is 19.1. The van der Waals surface area contributed by atoms with Crippen molar-refractivity contribution in [3.63, 3.8) is 0 Å². The van der Waals surface area contributed by atoms with E-state index in [1.165, 1.54) is 5.56 Å². The minimum absolute atomic E-state index is 0.0496. The van der Waals surface area contributed by atoms with Crippen LogP contribution in [0.2, 0.25) is 0 Å². The van der Waals surface area contributed by atoms with E-state index in [-0.39, 0.29) is 11.9 Å². The van der Waals surface area contributed by atoms with Gasteiger partial charge in [0.25, 0.3) is 0 Å². The van der Waals surface area contributed by atoms with Gasteiger partial charge in [-0.15, -0.1) is 0 Å². The van der Waals surface area contributed by atoms with Crippen molar-refractivity contribution in [3.8, 4) is 0 Å². The predicted molar refractivity (Wildman–Crippen MR) is 104 cm³/mol. The molecule has 0 radical (unpaired) electrons. The number of aromatic nitrogens is 4. The molecule has 1 unspecified atom stereocenters. The van der Waals surface area contributed by atoms with Crippen molar-refractivity contribution in [2.24, 2.45) is 0 Å². The second kappa shape index (κ2) is 7.02. The van der Waals surface area contributed by atoms with Crippen molar-refractivity contribution in [1.82, 2.24) is 19.4 Å². The Bertz CT molecular complexity index is 1090. The van der Waals surface area contributed by atoms with Gasteiger partial charge >= 0.3 is 0 Å². The van der Waals surface area contributed by atoms with Crippen LogP contribution in [0, 0.1) is 0 Å². The van der Waals surface area contributed by atoms with Crippen molar-refractivity contribution < 1.29 is 17.9 Å². The molecule has 2 aliphatic heterocycles. The molecular formula is C18H23N5O4S. The molecule has 5 rings (SSSR count). The van der Waals surface area contributed by atoms with Crippen LogP contribution < -0.4 is 4.72 Å². The Morgan fingerprint density at radius 1 is 1.25 bits per heavy atom. The van der Waals surface area contributed by atoms with E-state index < -0.39 is 10.0 Å². The summed E-state index contributed by atoms with van der Waals surface area (Å²) in [5.41, 5.74) is 3.49. The summed E-state index contributed by atoms with van der Waals surface area (Å²) in [5.74, 6) is 0.634. The Morgan fingerprint density at radius 2 is 2.11 bits per heavy atom. The standard InChI is InChI=1S/C18H23N5O4S/c24-28(25,11-13-2-1-5-27-13)22-15-10-23-16(21-15)9-20-18-17(23)14(8-19-18)12-3-6-26-7-4-12/h8-10,12-13,19,22H,1-7,11H2. The number of aromatic amines is 1. The molecule has 0 amide bonds. The minimum Gasteiger partial charge on any atom is -0.381 e. The Hall–Kier alpha value is -2.17. The predicted octanol–water partition coefficient (Wildman–Crippen LogP) is 2.03. The van der Waals surface area contributed by atoms with Gasteiger partial charge in [0.2, 0.25) is 10.0 Å². The van der Waals surface area contributed by atoms with Gasteiger partial charge in [0.1, 0.15) is 0 Å². The highest BCUT2D eigenvalue weighted by Crippen LogP contribution is 2.32. The summed E-state index contributed by atoms with van der Waals surface area (Å²) in [6.07, 6.45) is 8.71. The van der Waals surface area contributed by atoms with E-state index in [1.54, 1.807) is 12.4 Å². The number of H-pyrrole nitrogens is 1. The SMILES string of the molecule is O=S(=O)(CC1CCCO1)Nc1cn2c(cnc3[nH]cc(C4CCOCC4)c32)n1. The van der Waals surface area contributed by atoms with Crippen molar-refractivity contribution in [2.45, 2.75) is 37.7 Å². The number of sulfonamides is 1. The van der Waals surface area contributed by atoms with Gasteiger partial charge in [0.15, 0.2) is 17.1 Å². The summed E-state index contributed by atoms with van der Waals surface area (Å²) in [6.45, 7) is 2.12. The molecule has 0 spiro atoms. The lowest BCUT2D eigenvalue weighted by Gasteiger charge is -2.21. The highest BCUT2D eigenvalue weighted by molar-refractivity contribution is 7.92. The lowest BCUT2D eigenvalue weighted by molar-refractivity contribution is 0.0855. The number of fused-ring (bicyclic) bond motifs is 3. The number of anilines is 1. The van der Waals surface area contributed by atoms with Crippen LogP contribution in [-0.4, -0.2) is 59.4 Å². The first-order valence-electron chi connectivity index (χ1n) is 9.64. The third-order valence-electron chi connectivity index (χ3n) is 5.50. The Balaban J connectivity index is 1.48. The van der Waals surface area contributed by atoms with Crippen molar-refractivity contribution >= 4 is 32.7 Å². The van der Waals surface area contributed by atoms with Crippen LogP contribution in [0.25, 0.3) is 16.8 Å². The van der Waals surface area contributed by atoms with Gasteiger partial charge in [0, 0.05) is 26.0 Å². The molecular weight excluding hydrogens is 382 g/mol. The average molecular weight is 405 g/mol. The van der Waals surface area contributed by atoms with E-state index in [1.807, 2.05) is 10.6 Å². The largest absolute Gasteiger partial charge is 0.381 e. The fourth-order valence-electron chi connectivity index (χ4n) is 4.15. The van der Waals surface area contributed by atoms with Crippen LogP contribution >= 0.6 is 0 Å². The maximum atomic E-state index is 12.5. The van der Waals surface area contributed by atoms with E-state index >= 15 is 0 Å². The van der Waals surface area contributed by atoms with Crippen LogP contribution in [-0.2, 0) is 19.5 Å². The zero-order valence-electron chi connectivity index (χ0n) is 15.4. The maximum absolute atomic E-state index is 12.5. The van der Waals surface area contributed by atoms with E-state index in [2.05, 4.69) is 19.7 Å². The molecule has 0 aliphatic carbocycles. The number of rotatable bonds is 5. The fourth-order valence-corrected chi connectivity index (χ4v) is 5.40. The first kappa shape index (κ1) is 17.9. The molecule has 0 bridgehead atoms. The lowest BCUT2D eigenvalue weighted by Crippen LogP contribution is -2.25. The van der Waals surface area contributed by atoms with E-state index in [9.17, 15) is 8.42 Å². The molecule has 28 heavy (non-hydrogen) atoms. The number of hydrogen-bond donors (Lipinski definition) is 2. The Kier molecular flexibility index (Phi) is 4.48. The second-order valence-electron chi connectivity index (χ2n) is 7.46. The van der Waals surface area contributed by atoms with Gasteiger partial charge in [0.05, 0.1) is 29.8 Å². The van der Waals surface area contributed by atoms with Gasteiger partial charge in [-0.3, -0.25) is 9.12 Å². The molecule has 0 saturated carbocycles. The smallest absolute Gasteiger partial charge is 0.236 e.